The molecule has 2 N–H and O–H groups in total. The lowest BCUT2D eigenvalue weighted by atomic mass is 10.0. The molecule has 0 aliphatic heterocycles. The molecule has 0 bridgehead atoms. The van der Waals surface area contributed by atoms with Gasteiger partial charge in [-0.1, -0.05) is 38.1 Å². The molecule has 1 aromatic carbocycles. The van der Waals surface area contributed by atoms with E-state index in [1.807, 2.05) is 12.1 Å². The molecular weight excluding hydrogens is 240 g/mol. The van der Waals surface area contributed by atoms with Gasteiger partial charge in [-0.2, -0.15) is 10.1 Å². The monoisotopic (exact) mass is 256 g/mol. The number of aromatic amines is 1. The molecule has 0 unspecified atom stereocenters. The maximum atomic E-state index is 11.6. The average Bonchev–Trinajstić information content (AvgIpc) is 2.89. The van der Waals surface area contributed by atoms with Gasteiger partial charge in [0, 0.05) is 6.08 Å². The van der Waals surface area contributed by atoms with E-state index < -0.39 is 0 Å². The lowest BCUT2D eigenvalue weighted by molar-refractivity contribution is -0.111. The van der Waals surface area contributed by atoms with Gasteiger partial charge in [0.25, 0.3) is 5.91 Å². The summed E-state index contributed by atoms with van der Waals surface area (Å²) in [6.45, 7) is 4.30. The Morgan fingerprint density at radius 2 is 2.05 bits per heavy atom. The smallest absolute Gasteiger partial charge is 0.250 e. The van der Waals surface area contributed by atoms with Crippen molar-refractivity contribution in [3.8, 4) is 0 Å². The Hall–Kier alpha value is -2.43. The van der Waals surface area contributed by atoms with Crippen LogP contribution in [-0.2, 0) is 4.79 Å². The quantitative estimate of drug-likeness (QED) is 0.826. The minimum atomic E-state index is -0.246. The van der Waals surface area contributed by atoms with Gasteiger partial charge in [0.1, 0.15) is 6.33 Å². The average molecular weight is 256 g/mol. The van der Waals surface area contributed by atoms with E-state index in [1.54, 1.807) is 6.08 Å². The van der Waals surface area contributed by atoms with Crippen LogP contribution in [0.25, 0.3) is 6.08 Å². The summed E-state index contributed by atoms with van der Waals surface area (Å²) in [4.78, 5) is 15.4. The van der Waals surface area contributed by atoms with Crippen LogP contribution in [0.15, 0.2) is 36.7 Å². The van der Waals surface area contributed by atoms with Crippen molar-refractivity contribution in [3.05, 3.63) is 47.8 Å². The predicted octanol–water partition coefficient (Wildman–Crippen LogP) is 2.58. The van der Waals surface area contributed by atoms with E-state index in [0.717, 1.165) is 5.56 Å². The molecule has 98 valence electrons. The molecule has 1 aromatic heterocycles. The minimum Gasteiger partial charge on any atom is -0.291 e. The van der Waals surface area contributed by atoms with Crippen molar-refractivity contribution in [1.82, 2.24) is 15.2 Å². The number of nitrogens with one attached hydrogen (secondary N) is 2. The fraction of sp³-hybridized carbons (Fsp3) is 0.214. The van der Waals surface area contributed by atoms with Crippen molar-refractivity contribution in [2.45, 2.75) is 19.8 Å². The largest absolute Gasteiger partial charge is 0.291 e. The first-order chi connectivity index (χ1) is 9.15. The van der Waals surface area contributed by atoms with Crippen LogP contribution in [0, 0.1) is 0 Å². The number of H-pyrrole nitrogens is 1. The molecule has 1 amide bonds. The molecule has 1 heterocycles. The third kappa shape index (κ3) is 3.77. The highest BCUT2D eigenvalue weighted by Gasteiger charge is 2.00. The topological polar surface area (TPSA) is 70.7 Å². The second kappa shape index (κ2) is 5.95. The van der Waals surface area contributed by atoms with Crippen molar-refractivity contribution in [3.63, 3.8) is 0 Å². The molecule has 0 radical (unpaired) electrons. The number of benzene rings is 1. The van der Waals surface area contributed by atoms with Crippen molar-refractivity contribution in [2.24, 2.45) is 0 Å². The van der Waals surface area contributed by atoms with Gasteiger partial charge in [-0.05, 0) is 23.1 Å². The highest BCUT2D eigenvalue weighted by Crippen LogP contribution is 2.15. The third-order valence-corrected chi connectivity index (χ3v) is 2.69. The van der Waals surface area contributed by atoms with E-state index in [-0.39, 0.29) is 5.91 Å². The van der Waals surface area contributed by atoms with Crippen LogP contribution in [0.2, 0.25) is 0 Å². The van der Waals surface area contributed by atoms with Crippen LogP contribution in [0.4, 0.5) is 5.95 Å². The summed E-state index contributed by atoms with van der Waals surface area (Å²) in [5, 5.41) is 8.77. The Balaban J connectivity index is 1.96. The first-order valence-electron chi connectivity index (χ1n) is 6.09. The van der Waals surface area contributed by atoms with E-state index in [2.05, 4.69) is 46.5 Å². The summed E-state index contributed by atoms with van der Waals surface area (Å²) >= 11 is 0. The summed E-state index contributed by atoms with van der Waals surface area (Å²) in [5.41, 5.74) is 2.26. The van der Waals surface area contributed by atoms with Gasteiger partial charge in [-0.3, -0.25) is 10.1 Å². The lowest BCUT2D eigenvalue weighted by Crippen LogP contribution is -2.08. The van der Waals surface area contributed by atoms with Crippen LogP contribution < -0.4 is 5.32 Å². The first-order valence-corrected chi connectivity index (χ1v) is 6.09. The van der Waals surface area contributed by atoms with Crippen molar-refractivity contribution in [1.29, 1.82) is 0 Å². The fourth-order valence-electron chi connectivity index (χ4n) is 1.59. The second-order valence-corrected chi connectivity index (χ2v) is 4.48. The minimum absolute atomic E-state index is 0.246. The summed E-state index contributed by atoms with van der Waals surface area (Å²) in [6.07, 6.45) is 4.56. The standard InChI is InChI=1S/C14H16N4O/c1-10(2)12-6-3-11(4-7-12)5-8-13(19)17-14-15-9-16-18-14/h3-10H,1-2H3,(H2,15,16,17,18,19)/b8-5+. The molecule has 0 spiro atoms. The summed E-state index contributed by atoms with van der Waals surface area (Å²) in [5.74, 6) is 0.599. The maximum Gasteiger partial charge on any atom is 0.250 e. The van der Waals surface area contributed by atoms with E-state index in [9.17, 15) is 4.79 Å². The number of hydrogen-bond donors (Lipinski definition) is 2. The molecule has 0 saturated heterocycles. The van der Waals surface area contributed by atoms with E-state index >= 15 is 0 Å². The molecule has 2 rings (SSSR count). The van der Waals surface area contributed by atoms with Gasteiger partial charge < -0.3 is 0 Å². The van der Waals surface area contributed by atoms with E-state index in [1.165, 1.54) is 18.0 Å². The van der Waals surface area contributed by atoms with Crippen LogP contribution in [0.5, 0.6) is 0 Å². The molecule has 0 fully saturated rings. The predicted molar refractivity (Wildman–Crippen MR) is 74.6 cm³/mol. The van der Waals surface area contributed by atoms with Crippen molar-refractivity contribution >= 4 is 17.9 Å². The number of carbonyl (C=O) groups excluding carboxylic acids is 1. The number of aromatic nitrogens is 3. The summed E-state index contributed by atoms with van der Waals surface area (Å²) < 4.78 is 0. The molecule has 0 saturated carbocycles. The first kappa shape index (κ1) is 13.0. The number of nitrogens with zero attached hydrogens (tertiary/aromatic N) is 2. The molecule has 5 nitrogen and oxygen atoms in total. The zero-order valence-corrected chi connectivity index (χ0v) is 10.9. The van der Waals surface area contributed by atoms with E-state index in [0.29, 0.717) is 11.9 Å². The van der Waals surface area contributed by atoms with Crippen LogP contribution in [0.1, 0.15) is 30.9 Å². The Morgan fingerprint density at radius 3 is 2.63 bits per heavy atom. The zero-order valence-electron chi connectivity index (χ0n) is 10.9. The zero-order chi connectivity index (χ0) is 13.7. The van der Waals surface area contributed by atoms with Crippen LogP contribution in [0.3, 0.4) is 0 Å². The molecular formula is C14H16N4O. The van der Waals surface area contributed by atoms with E-state index in [4.69, 9.17) is 0 Å². The Labute approximate surface area is 111 Å². The van der Waals surface area contributed by atoms with Gasteiger partial charge >= 0.3 is 0 Å². The molecule has 5 heteroatoms. The number of hydrogen-bond acceptors (Lipinski definition) is 3. The number of carbonyl (C=O) groups is 1. The molecule has 0 aliphatic carbocycles. The Kier molecular flexibility index (Phi) is 4.07. The normalized spacial score (nSPS) is 11.1. The number of rotatable bonds is 4. The SMILES string of the molecule is CC(C)c1ccc(/C=C/C(=O)Nc2ncn[nH]2)cc1. The second-order valence-electron chi connectivity index (χ2n) is 4.48. The lowest BCUT2D eigenvalue weighted by Gasteiger charge is -2.04. The van der Waals surface area contributed by atoms with Gasteiger partial charge in [0.2, 0.25) is 5.95 Å². The summed E-state index contributed by atoms with van der Waals surface area (Å²) in [7, 11) is 0. The molecule has 19 heavy (non-hydrogen) atoms. The van der Waals surface area contributed by atoms with Crippen molar-refractivity contribution in [2.75, 3.05) is 5.32 Å². The Bertz CT molecular complexity index is 556. The maximum absolute atomic E-state index is 11.6. The Morgan fingerprint density at radius 1 is 1.32 bits per heavy atom. The van der Waals surface area contributed by atoms with Gasteiger partial charge in [-0.15, -0.1) is 0 Å². The van der Waals surface area contributed by atoms with Crippen LogP contribution >= 0.6 is 0 Å². The molecule has 0 atom stereocenters. The van der Waals surface area contributed by atoms with Gasteiger partial charge in [0.05, 0.1) is 0 Å². The fourth-order valence-corrected chi connectivity index (χ4v) is 1.59. The summed E-state index contributed by atoms with van der Waals surface area (Å²) in [6, 6.07) is 8.12. The van der Waals surface area contributed by atoms with Crippen LogP contribution in [-0.4, -0.2) is 21.1 Å². The molecule has 0 aliphatic rings. The van der Waals surface area contributed by atoms with Crippen molar-refractivity contribution < 1.29 is 4.79 Å². The van der Waals surface area contributed by atoms with Gasteiger partial charge in [-0.25, -0.2) is 5.10 Å². The number of anilines is 1. The highest BCUT2D eigenvalue weighted by atomic mass is 16.1. The molecule has 2 aromatic rings. The number of amides is 1. The van der Waals surface area contributed by atoms with Gasteiger partial charge in [0.15, 0.2) is 0 Å². The third-order valence-electron chi connectivity index (χ3n) is 2.69. The highest BCUT2D eigenvalue weighted by molar-refractivity contribution is 6.00.